The number of hydrogen-bond donors (Lipinski definition) is 1. The van der Waals surface area contributed by atoms with Crippen molar-refractivity contribution in [3.8, 4) is 0 Å². The van der Waals surface area contributed by atoms with Crippen LogP contribution in [0, 0.1) is 0 Å². The van der Waals surface area contributed by atoms with Gasteiger partial charge in [-0.05, 0) is 35.8 Å². The summed E-state index contributed by atoms with van der Waals surface area (Å²) in [6.07, 6.45) is 4.25. The molecule has 1 aliphatic heterocycles. The minimum atomic E-state index is -0.507. The van der Waals surface area contributed by atoms with Crippen LogP contribution >= 0.6 is 0 Å². The molecule has 0 aliphatic carbocycles. The predicted molar refractivity (Wildman–Crippen MR) is 98.3 cm³/mol. The van der Waals surface area contributed by atoms with E-state index in [1.54, 1.807) is 4.90 Å². The van der Waals surface area contributed by atoms with Gasteiger partial charge in [-0.2, -0.15) is 0 Å². The molecule has 1 aromatic rings. The Morgan fingerprint density at radius 2 is 1.42 bits per heavy atom. The molecule has 0 unspecified atom stereocenters. The zero-order valence-corrected chi connectivity index (χ0v) is 15.4. The zero-order chi connectivity index (χ0) is 17.7. The van der Waals surface area contributed by atoms with Gasteiger partial charge in [0.05, 0.1) is 0 Å². The van der Waals surface area contributed by atoms with Crippen LogP contribution in [0.2, 0.25) is 0 Å². The van der Waals surface area contributed by atoms with Crippen LogP contribution in [0.4, 0.5) is 5.69 Å². The molecule has 24 heavy (non-hydrogen) atoms. The summed E-state index contributed by atoms with van der Waals surface area (Å²) in [5, 5.41) is 2.93. The molecule has 0 saturated carbocycles. The lowest BCUT2D eigenvalue weighted by Crippen LogP contribution is -2.40. The van der Waals surface area contributed by atoms with Crippen molar-refractivity contribution in [3.05, 3.63) is 29.3 Å². The van der Waals surface area contributed by atoms with Crippen molar-refractivity contribution < 1.29 is 9.59 Å². The van der Waals surface area contributed by atoms with E-state index < -0.39 is 11.8 Å². The summed E-state index contributed by atoms with van der Waals surface area (Å²) in [7, 11) is 0. The van der Waals surface area contributed by atoms with Crippen LogP contribution in [-0.4, -0.2) is 29.8 Å². The third-order valence-corrected chi connectivity index (χ3v) is 4.70. The minimum Gasteiger partial charge on any atom is -0.334 e. The average Bonchev–Trinajstić information content (AvgIpc) is 2.83. The van der Waals surface area contributed by atoms with Crippen molar-refractivity contribution in [2.45, 2.75) is 65.2 Å². The fourth-order valence-corrected chi connectivity index (χ4v) is 3.28. The number of anilines is 1. The normalized spacial score (nSPS) is 15.5. The number of amides is 2. The number of carbonyl (C=O) groups is 2. The lowest BCUT2D eigenvalue weighted by atomic mass is 9.92. The van der Waals surface area contributed by atoms with E-state index >= 15 is 0 Å². The van der Waals surface area contributed by atoms with Gasteiger partial charge in [0.1, 0.15) is 0 Å². The molecule has 4 heteroatoms. The molecular weight excluding hydrogens is 300 g/mol. The summed E-state index contributed by atoms with van der Waals surface area (Å²) in [5.74, 6) is -0.336. The number of nitrogens with zero attached hydrogens (tertiary/aromatic N) is 1. The van der Waals surface area contributed by atoms with Crippen LogP contribution in [0.15, 0.2) is 18.2 Å². The maximum atomic E-state index is 12.6. The SMILES string of the molecule is CC(C)c1cccc(C(C)C)c1NC(=O)C(=O)N1CCCCCC1. The molecule has 1 aliphatic rings. The van der Waals surface area contributed by atoms with Crippen molar-refractivity contribution in [2.75, 3.05) is 18.4 Å². The van der Waals surface area contributed by atoms with Crippen LogP contribution in [0.5, 0.6) is 0 Å². The molecule has 0 bridgehead atoms. The van der Waals surface area contributed by atoms with Gasteiger partial charge in [-0.1, -0.05) is 58.7 Å². The lowest BCUT2D eigenvalue weighted by Gasteiger charge is -2.23. The fourth-order valence-electron chi connectivity index (χ4n) is 3.28. The van der Waals surface area contributed by atoms with Crippen LogP contribution in [-0.2, 0) is 9.59 Å². The highest BCUT2D eigenvalue weighted by Crippen LogP contribution is 2.32. The van der Waals surface area contributed by atoms with Gasteiger partial charge in [0.15, 0.2) is 0 Å². The average molecular weight is 330 g/mol. The van der Waals surface area contributed by atoms with Crippen molar-refractivity contribution in [3.63, 3.8) is 0 Å². The quantitative estimate of drug-likeness (QED) is 0.841. The molecule has 1 aromatic carbocycles. The maximum Gasteiger partial charge on any atom is 0.313 e. The first kappa shape index (κ1) is 18.5. The molecule has 0 spiro atoms. The van der Waals surface area contributed by atoms with Crippen molar-refractivity contribution >= 4 is 17.5 Å². The summed E-state index contributed by atoms with van der Waals surface area (Å²) in [4.78, 5) is 26.8. The number of carbonyl (C=O) groups excluding carboxylic acids is 2. The highest BCUT2D eigenvalue weighted by Gasteiger charge is 2.25. The largest absolute Gasteiger partial charge is 0.334 e. The molecule has 1 fully saturated rings. The highest BCUT2D eigenvalue weighted by molar-refractivity contribution is 6.39. The van der Waals surface area contributed by atoms with E-state index in [1.807, 2.05) is 18.2 Å². The molecule has 1 N–H and O–H groups in total. The van der Waals surface area contributed by atoms with Gasteiger partial charge in [0.2, 0.25) is 0 Å². The van der Waals surface area contributed by atoms with Gasteiger partial charge >= 0.3 is 11.8 Å². The second kappa shape index (κ2) is 8.32. The fraction of sp³-hybridized carbons (Fsp3) is 0.600. The monoisotopic (exact) mass is 330 g/mol. The van der Waals surface area contributed by atoms with Gasteiger partial charge in [-0.25, -0.2) is 0 Å². The number of rotatable bonds is 3. The predicted octanol–water partition coefficient (Wildman–Crippen LogP) is 4.27. The van der Waals surface area contributed by atoms with E-state index in [0.29, 0.717) is 13.1 Å². The van der Waals surface area contributed by atoms with Crippen LogP contribution < -0.4 is 5.32 Å². The third kappa shape index (κ3) is 4.37. The molecule has 0 atom stereocenters. The molecule has 2 rings (SSSR count). The van der Waals surface area contributed by atoms with Gasteiger partial charge in [0, 0.05) is 18.8 Å². The van der Waals surface area contributed by atoms with Gasteiger partial charge < -0.3 is 10.2 Å². The lowest BCUT2D eigenvalue weighted by molar-refractivity contribution is -0.143. The summed E-state index contributed by atoms with van der Waals surface area (Å²) < 4.78 is 0. The molecule has 1 saturated heterocycles. The smallest absolute Gasteiger partial charge is 0.313 e. The van der Waals surface area contributed by atoms with Crippen LogP contribution in [0.3, 0.4) is 0 Å². The van der Waals surface area contributed by atoms with E-state index in [-0.39, 0.29) is 11.8 Å². The van der Waals surface area contributed by atoms with E-state index in [0.717, 1.165) is 42.5 Å². The number of likely N-dealkylation sites (tertiary alicyclic amines) is 1. The number of hydrogen-bond acceptors (Lipinski definition) is 2. The standard InChI is InChI=1S/C20H30N2O2/c1-14(2)16-10-9-11-17(15(3)4)18(16)21-19(23)20(24)22-12-7-5-6-8-13-22/h9-11,14-15H,5-8,12-13H2,1-4H3,(H,21,23). The molecule has 1 heterocycles. The zero-order valence-electron chi connectivity index (χ0n) is 15.4. The Labute approximate surface area is 145 Å². The Bertz CT molecular complexity index is 559. The first-order valence-corrected chi connectivity index (χ1v) is 9.15. The van der Waals surface area contributed by atoms with Gasteiger partial charge in [0.25, 0.3) is 0 Å². The van der Waals surface area contributed by atoms with Crippen LogP contribution in [0.25, 0.3) is 0 Å². The Morgan fingerprint density at radius 1 is 0.917 bits per heavy atom. The first-order valence-electron chi connectivity index (χ1n) is 9.15. The second-order valence-electron chi connectivity index (χ2n) is 7.28. The minimum absolute atomic E-state index is 0.285. The Balaban J connectivity index is 2.22. The van der Waals surface area contributed by atoms with E-state index in [1.165, 1.54) is 0 Å². The number of para-hydroxylation sites is 1. The first-order chi connectivity index (χ1) is 11.4. The summed E-state index contributed by atoms with van der Waals surface area (Å²) in [6.45, 7) is 9.79. The molecule has 0 aromatic heterocycles. The molecule has 132 valence electrons. The summed E-state index contributed by atoms with van der Waals surface area (Å²) in [5.41, 5.74) is 2.98. The van der Waals surface area contributed by atoms with E-state index in [2.05, 4.69) is 33.0 Å². The van der Waals surface area contributed by atoms with E-state index in [9.17, 15) is 9.59 Å². The molecule has 2 amide bonds. The van der Waals surface area contributed by atoms with Crippen LogP contribution in [0.1, 0.15) is 76.3 Å². The highest BCUT2D eigenvalue weighted by atomic mass is 16.2. The van der Waals surface area contributed by atoms with Crippen molar-refractivity contribution in [1.82, 2.24) is 4.90 Å². The summed E-state index contributed by atoms with van der Waals surface area (Å²) >= 11 is 0. The van der Waals surface area contributed by atoms with Crippen molar-refractivity contribution in [1.29, 1.82) is 0 Å². The van der Waals surface area contributed by atoms with Gasteiger partial charge in [-0.15, -0.1) is 0 Å². The Hall–Kier alpha value is -1.84. The second-order valence-corrected chi connectivity index (χ2v) is 7.28. The summed E-state index contributed by atoms with van der Waals surface area (Å²) in [6, 6.07) is 6.09. The maximum absolute atomic E-state index is 12.6. The molecule has 0 radical (unpaired) electrons. The molecule has 4 nitrogen and oxygen atoms in total. The molecular formula is C20H30N2O2. The number of nitrogens with one attached hydrogen (secondary N) is 1. The Morgan fingerprint density at radius 3 is 1.88 bits per heavy atom. The third-order valence-electron chi connectivity index (χ3n) is 4.70. The van der Waals surface area contributed by atoms with Gasteiger partial charge in [-0.3, -0.25) is 9.59 Å². The topological polar surface area (TPSA) is 49.4 Å². The number of benzene rings is 1. The van der Waals surface area contributed by atoms with Crippen molar-refractivity contribution in [2.24, 2.45) is 0 Å². The van der Waals surface area contributed by atoms with E-state index in [4.69, 9.17) is 0 Å². The Kier molecular flexibility index (Phi) is 6.41.